The van der Waals surface area contributed by atoms with Crippen LogP contribution in [0.2, 0.25) is 0 Å². The minimum Gasteiger partial charge on any atom is -0.426 e. The van der Waals surface area contributed by atoms with Gasteiger partial charge in [-0.1, -0.05) is 72.0 Å². The van der Waals surface area contributed by atoms with Gasteiger partial charge < -0.3 is 4.74 Å². The van der Waals surface area contributed by atoms with Crippen LogP contribution >= 0.6 is 27.3 Å². The molecule has 0 saturated heterocycles. The van der Waals surface area contributed by atoms with Crippen molar-refractivity contribution in [3.8, 4) is 5.75 Å². The number of carbonyl (C=O) groups is 1. The Hall–Kier alpha value is -3.55. The Morgan fingerprint density at radius 3 is 2.64 bits per heavy atom. The highest BCUT2D eigenvalue weighted by Crippen LogP contribution is 2.41. The number of carbonyl (C=O) groups excluding carboxylic acids is 1. The molecule has 2 heterocycles. The number of rotatable bonds is 3. The maximum absolute atomic E-state index is 13.8. The maximum atomic E-state index is 13.8. The van der Waals surface area contributed by atoms with Gasteiger partial charge >= 0.3 is 5.97 Å². The third-order valence-corrected chi connectivity index (χ3v) is 8.10. The lowest BCUT2D eigenvalue weighted by molar-refractivity contribution is -0.131. The molecule has 7 heteroatoms. The number of halogens is 1. The first-order valence-corrected chi connectivity index (χ1v) is 13.3. The Balaban J connectivity index is 1.54. The first-order chi connectivity index (χ1) is 17.5. The van der Waals surface area contributed by atoms with E-state index < -0.39 is 0 Å². The number of aromatic nitrogens is 1. The van der Waals surface area contributed by atoms with Gasteiger partial charge in [-0.15, -0.1) is 0 Å². The molecule has 0 spiro atoms. The van der Waals surface area contributed by atoms with Gasteiger partial charge in [-0.3, -0.25) is 14.2 Å². The molecule has 4 aromatic rings. The van der Waals surface area contributed by atoms with E-state index in [1.165, 1.54) is 29.4 Å². The summed E-state index contributed by atoms with van der Waals surface area (Å²) in [5.74, 6) is 0.0553. The first-order valence-electron chi connectivity index (χ1n) is 11.7. The summed E-state index contributed by atoms with van der Waals surface area (Å²) < 4.78 is 8.30. The van der Waals surface area contributed by atoms with Gasteiger partial charge in [-0.05, 0) is 69.2 Å². The molecule has 1 aliphatic heterocycles. The van der Waals surface area contributed by atoms with E-state index in [1.54, 1.807) is 6.07 Å². The van der Waals surface area contributed by atoms with E-state index in [2.05, 4.69) is 52.3 Å². The molecule has 0 N–H and O–H groups in total. The van der Waals surface area contributed by atoms with E-state index in [0.29, 0.717) is 19.6 Å². The van der Waals surface area contributed by atoms with Crippen molar-refractivity contribution in [3.63, 3.8) is 0 Å². The van der Waals surface area contributed by atoms with E-state index >= 15 is 0 Å². The molecule has 0 fully saturated rings. The zero-order valence-corrected chi connectivity index (χ0v) is 21.8. The molecule has 0 radical (unpaired) electrons. The SMILES string of the molecule is CC(=O)Oc1ccc(/C=c2/sc3n(c2=O)[C@H](c2ccccc2)C2=C(N=3)c3ccccc3CC2)cc1Br. The predicted molar refractivity (Wildman–Crippen MR) is 145 cm³/mol. The number of benzene rings is 3. The summed E-state index contributed by atoms with van der Waals surface area (Å²) in [6.07, 6.45) is 3.66. The fourth-order valence-corrected chi connectivity index (χ4v) is 6.43. The Bertz CT molecular complexity index is 1730. The highest BCUT2D eigenvalue weighted by atomic mass is 79.9. The zero-order chi connectivity index (χ0) is 24.8. The van der Waals surface area contributed by atoms with Crippen molar-refractivity contribution in [2.45, 2.75) is 25.8 Å². The van der Waals surface area contributed by atoms with Crippen LogP contribution in [0.25, 0.3) is 11.8 Å². The second kappa shape index (κ2) is 9.15. The van der Waals surface area contributed by atoms with Crippen LogP contribution in [-0.2, 0) is 11.2 Å². The number of thiazole rings is 1. The van der Waals surface area contributed by atoms with Crippen molar-refractivity contribution in [2.75, 3.05) is 0 Å². The molecule has 1 atom stereocenters. The van der Waals surface area contributed by atoms with Crippen molar-refractivity contribution in [3.05, 3.63) is 125 Å². The molecule has 0 amide bonds. The Labute approximate surface area is 219 Å². The topological polar surface area (TPSA) is 60.7 Å². The first kappa shape index (κ1) is 22.9. The second-order valence-corrected chi connectivity index (χ2v) is 10.7. The smallest absolute Gasteiger partial charge is 0.308 e. The van der Waals surface area contributed by atoms with Crippen LogP contribution in [0.3, 0.4) is 0 Å². The number of esters is 1. The number of allylic oxidation sites excluding steroid dienone is 1. The number of fused-ring (bicyclic) bond motifs is 3. The minimum absolute atomic E-state index is 0.0572. The van der Waals surface area contributed by atoms with Gasteiger partial charge in [0.05, 0.1) is 20.7 Å². The Kier molecular flexibility index (Phi) is 5.82. The van der Waals surface area contributed by atoms with Gasteiger partial charge in [-0.25, -0.2) is 4.99 Å². The average molecular weight is 557 g/mol. The molecule has 5 nitrogen and oxygen atoms in total. The molecule has 0 bridgehead atoms. The molecule has 0 unspecified atom stereocenters. The lowest BCUT2D eigenvalue weighted by Crippen LogP contribution is -2.38. The van der Waals surface area contributed by atoms with Gasteiger partial charge in [0.25, 0.3) is 5.56 Å². The summed E-state index contributed by atoms with van der Waals surface area (Å²) in [5, 5.41) is 0. The normalized spacial score (nSPS) is 16.6. The molecular weight excluding hydrogens is 536 g/mol. The monoisotopic (exact) mass is 556 g/mol. The standard InChI is InChI=1S/C29H21BrN2O3S/c1-17(33)35-24-14-11-18(15-23(24)30)16-25-28(34)32-27(20-8-3-2-4-9-20)22-13-12-19-7-5-6-10-21(19)26(22)31-29(32)36-25/h2-11,14-16,27H,12-13H2,1H3/b25-16+/t27-/m1/s1. The van der Waals surface area contributed by atoms with Crippen molar-refractivity contribution in [1.29, 1.82) is 0 Å². The molecule has 1 aliphatic carbocycles. The van der Waals surface area contributed by atoms with Gasteiger partial charge in [0.2, 0.25) is 0 Å². The molecule has 0 saturated carbocycles. The second-order valence-electron chi connectivity index (χ2n) is 8.81. The average Bonchev–Trinajstić information content (AvgIpc) is 3.19. The van der Waals surface area contributed by atoms with E-state index in [-0.39, 0.29) is 17.6 Å². The molecule has 6 rings (SSSR count). The molecular formula is C29H21BrN2O3S. The van der Waals surface area contributed by atoms with Crippen LogP contribution in [0.5, 0.6) is 5.75 Å². The van der Waals surface area contributed by atoms with Crippen LogP contribution in [-0.4, -0.2) is 10.5 Å². The molecule has 2 aliphatic rings. The summed E-state index contributed by atoms with van der Waals surface area (Å²) in [5.41, 5.74) is 6.48. The van der Waals surface area contributed by atoms with Crippen LogP contribution < -0.4 is 19.6 Å². The minimum atomic E-state index is -0.386. The number of aryl methyl sites for hydroxylation is 1. The summed E-state index contributed by atoms with van der Waals surface area (Å²) in [4.78, 5) is 30.9. The lowest BCUT2D eigenvalue weighted by atomic mass is 9.83. The third-order valence-electron chi connectivity index (χ3n) is 6.50. The number of hydrogen-bond acceptors (Lipinski definition) is 5. The van der Waals surface area contributed by atoms with Crippen molar-refractivity contribution in [1.82, 2.24) is 4.57 Å². The summed E-state index contributed by atoms with van der Waals surface area (Å²) in [6, 6.07) is 23.8. The van der Waals surface area contributed by atoms with Crippen LogP contribution in [0.4, 0.5) is 0 Å². The largest absolute Gasteiger partial charge is 0.426 e. The summed E-state index contributed by atoms with van der Waals surface area (Å²) >= 11 is 4.86. The number of hydrogen-bond donors (Lipinski definition) is 0. The van der Waals surface area contributed by atoms with Gasteiger partial charge in [0.1, 0.15) is 5.75 Å². The Morgan fingerprint density at radius 2 is 1.86 bits per heavy atom. The van der Waals surface area contributed by atoms with Crippen LogP contribution in [0.1, 0.15) is 41.6 Å². The quantitative estimate of drug-likeness (QED) is 0.263. The number of nitrogens with zero attached hydrogens (tertiary/aromatic N) is 2. The highest BCUT2D eigenvalue weighted by molar-refractivity contribution is 9.10. The van der Waals surface area contributed by atoms with E-state index in [9.17, 15) is 9.59 Å². The van der Waals surface area contributed by atoms with E-state index in [4.69, 9.17) is 9.73 Å². The lowest BCUT2D eigenvalue weighted by Gasteiger charge is -2.30. The van der Waals surface area contributed by atoms with Crippen molar-refractivity contribution in [2.24, 2.45) is 4.99 Å². The number of ether oxygens (including phenoxy) is 1. The van der Waals surface area contributed by atoms with Gasteiger partial charge in [0.15, 0.2) is 4.80 Å². The third kappa shape index (κ3) is 3.98. The molecule has 178 valence electrons. The van der Waals surface area contributed by atoms with Gasteiger partial charge in [-0.2, -0.15) is 0 Å². The highest BCUT2D eigenvalue weighted by Gasteiger charge is 2.32. The van der Waals surface area contributed by atoms with Crippen molar-refractivity contribution >= 4 is 45.0 Å². The predicted octanol–water partition coefficient (Wildman–Crippen LogP) is 5.01. The van der Waals surface area contributed by atoms with Crippen LogP contribution in [0, 0.1) is 0 Å². The zero-order valence-electron chi connectivity index (χ0n) is 19.4. The molecule has 1 aromatic heterocycles. The summed E-state index contributed by atoms with van der Waals surface area (Å²) in [6.45, 7) is 1.36. The maximum Gasteiger partial charge on any atom is 0.308 e. The van der Waals surface area contributed by atoms with Crippen molar-refractivity contribution < 1.29 is 9.53 Å². The van der Waals surface area contributed by atoms with E-state index in [1.807, 2.05) is 41.0 Å². The fourth-order valence-electron chi connectivity index (χ4n) is 4.95. The summed E-state index contributed by atoms with van der Waals surface area (Å²) in [7, 11) is 0. The van der Waals surface area contributed by atoms with E-state index in [0.717, 1.165) is 35.2 Å². The molecule has 36 heavy (non-hydrogen) atoms. The Morgan fingerprint density at radius 1 is 1.08 bits per heavy atom. The van der Waals surface area contributed by atoms with Gasteiger partial charge in [0, 0.05) is 12.5 Å². The molecule has 3 aromatic carbocycles. The van der Waals surface area contributed by atoms with Crippen LogP contribution in [0.15, 0.2) is 92.6 Å². The fraction of sp³-hybridized carbons (Fsp3) is 0.138.